The number of nitrogens with two attached hydrogens (primary N) is 1. The monoisotopic (exact) mass is 294 g/mol. The molecule has 0 bridgehead atoms. The Balaban J connectivity index is 2.15. The van der Waals surface area contributed by atoms with E-state index in [1.165, 1.54) is 0 Å². The number of aromatic nitrogens is 1. The highest BCUT2D eigenvalue weighted by molar-refractivity contribution is 5.75. The number of hydrogen-bond donors (Lipinski definition) is 1. The number of ether oxygens (including phenoxy) is 1. The lowest BCUT2D eigenvalue weighted by molar-refractivity contribution is 0.0922. The number of benzene rings is 1. The van der Waals surface area contributed by atoms with Gasteiger partial charge >= 0.3 is 0 Å². The van der Waals surface area contributed by atoms with Crippen LogP contribution in [0.2, 0.25) is 0 Å². The fraction of sp³-hybridized carbons (Fsp3) is 0.167. The van der Waals surface area contributed by atoms with Gasteiger partial charge in [-0.1, -0.05) is 30.3 Å². The second kappa shape index (κ2) is 5.75. The fourth-order valence-corrected chi connectivity index (χ4v) is 2.38. The molecule has 2 N–H and O–H groups in total. The van der Waals surface area contributed by atoms with Crippen molar-refractivity contribution in [3.05, 3.63) is 59.8 Å². The molecule has 1 aliphatic carbocycles. The minimum Gasteiger partial charge on any atom is -0.411 e. The number of pyridine rings is 1. The van der Waals surface area contributed by atoms with Crippen molar-refractivity contribution in [3.63, 3.8) is 0 Å². The standard InChI is InChI=1S/C18H18N2O2/c1-18(21-2)10-8-14-15(9-11-18)20-16(12-17(14)22-19)13-6-4-3-5-7-13/h3-12H,19H2,1-2H3. The van der Waals surface area contributed by atoms with E-state index in [1.54, 1.807) is 7.11 Å². The molecule has 0 radical (unpaired) electrons. The molecule has 0 amide bonds. The van der Waals surface area contributed by atoms with Crippen molar-refractivity contribution in [3.8, 4) is 17.0 Å². The third kappa shape index (κ3) is 2.66. The van der Waals surface area contributed by atoms with Gasteiger partial charge in [-0.05, 0) is 31.2 Å². The number of hydrogen-bond acceptors (Lipinski definition) is 4. The lowest BCUT2D eigenvalue weighted by Gasteiger charge is -2.18. The van der Waals surface area contributed by atoms with Gasteiger partial charge in [0, 0.05) is 24.3 Å². The molecule has 3 rings (SSSR count). The van der Waals surface area contributed by atoms with E-state index in [2.05, 4.69) is 0 Å². The van der Waals surface area contributed by atoms with Crippen LogP contribution < -0.4 is 10.7 Å². The summed E-state index contributed by atoms with van der Waals surface area (Å²) in [7, 11) is 1.67. The Kier molecular flexibility index (Phi) is 3.79. The van der Waals surface area contributed by atoms with E-state index in [-0.39, 0.29) is 0 Å². The first kappa shape index (κ1) is 14.5. The minimum atomic E-state index is -0.473. The lowest BCUT2D eigenvalue weighted by atomic mass is 10.1. The molecule has 0 saturated carbocycles. The van der Waals surface area contributed by atoms with Gasteiger partial charge < -0.3 is 9.57 Å². The van der Waals surface area contributed by atoms with Crippen molar-refractivity contribution >= 4 is 12.2 Å². The van der Waals surface area contributed by atoms with Gasteiger partial charge in [-0.3, -0.25) is 0 Å². The van der Waals surface area contributed by atoms with Crippen molar-refractivity contribution in [2.24, 2.45) is 5.90 Å². The molecule has 4 nitrogen and oxygen atoms in total. The van der Waals surface area contributed by atoms with Crippen LogP contribution in [0.25, 0.3) is 23.4 Å². The normalized spacial score (nSPS) is 19.6. The maximum Gasteiger partial charge on any atom is 0.158 e. The van der Waals surface area contributed by atoms with E-state index < -0.39 is 5.60 Å². The van der Waals surface area contributed by atoms with E-state index >= 15 is 0 Å². The average molecular weight is 294 g/mol. The third-order valence-electron chi connectivity index (χ3n) is 3.84. The Morgan fingerprint density at radius 2 is 1.82 bits per heavy atom. The summed E-state index contributed by atoms with van der Waals surface area (Å²) in [5.74, 6) is 6.04. The Bertz CT molecular complexity index is 738. The molecule has 1 aliphatic rings. The molecule has 1 atom stereocenters. The van der Waals surface area contributed by atoms with Gasteiger partial charge in [0.2, 0.25) is 0 Å². The van der Waals surface area contributed by atoms with Crippen molar-refractivity contribution in [1.29, 1.82) is 0 Å². The molecule has 1 aromatic heterocycles. The number of nitrogens with zero attached hydrogens (tertiary/aromatic N) is 1. The zero-order chi connectivity index (χ0) is 15.6. The van der Waals surface area contributed by atoms with Gasteiger partial charge in [0.1, 0.15) is 5.60 Å². The molecule has 0 fully saturated rings. The van der Waals surface area contributed by atoms with Gasteiger partial charge in [-0.25, -0.2) is 4.98 Å². The summed E-state index contributed by atoms with van der Waals surface area (Å²) in [6, 6.07) is 11.8. The summed E-state index contributed by atoms with van der Waals surface area (Å²) in [6.07, 6.45) is 7.80. The molecule has 1 unspecified atom stereocenters. The first-order valence-corrected chi connectivity index (χ1v) is 7.06. The summed E-state index contributed by atoms with van der Waals surface area (Å²) in [5.41, 5.74) is 3.01. The van der Waals surface area contributed by atoms with Gasteiger partial charge in [-0.15, -0.1) is 0 Å². The number of rotatable bonds is 3. The molecule has 2 aromatic rings. The van der Waals surface area contributed by atoms with Crippen molar-refractivity contribution < 1.29 is 9.57 Å². The van der Waals surface area contributed by atoms with Crippen LogP contribution in [0.4, 0.5) is 0 Å². The Morgan fingerprint density at radius 1 is 1.09 bits per heavy atom. The van der Waals surface area contributed by atoms with Gasteiger partial charge in [0.15, 0.2) is 5.75 Å². The summed E-state index contributed by atoms with van der Waals surface area (Å²) < 4.78 is 5.50. The van der Waals surface area contributed by atoms with Gasteiger partial charge in [-0.2, -0.15) is 5.90 Å². The van der Waals surface area contributed by atoms with Gasteiger partial charge in [0.25, 0.3) is 0 Å². The molecule has 22 heavy (non-hydrogen) atoms. The second-order valence-corrected chi connectivity index (χ2v) is 5.34. The Hall–Kier alpha value is -2.43. The quantitative estimate of drug-likeness (QED) is 0.881. The number of methoxy groups -OCH3 is 1. The smallest absolute Gasteiger partial charge is 0.158 e. The molecule has 0 saturated heterocycles. The van der Waals surface area contributed by atoms with Crippen LogP contribution in [0.3, 0.4) is 0 Å². The highest BCUT2D eigenvalue weighted by Crippen LogP contribution is 2.32. The van der Waals surface area contributed by atoms with Crippen LogP contribution in [0.15, 0.2) is 48.6 Å². The summed E-state index contributed by atoms with van der Waals surface area (Å²) in [5, 5.41) is 0. The van der Waals surface area contributed by atoms with E-state index in [9.17, 15) is 0 Å². The molecule has 0 aliphatic heterocycles. The lowest BCUT2D eigenvalue weighted by Crippen LogP contribution is -2.19. The van der Waals surface area contributed by atoms with E-state index in [0.717, 1.165) is 22.5 Å². The van der Waals surface area contributed by atoms with Crippen LogP contribution in [0, 0.1) is 0 Å². The van der Waals surface area contributed by atoms with Crippen molar-refractivity contribution in [1.82, 2.24) is 4.98 Å². The van der Waals surface area contributed by atoms with Gasteiger partial charge in [0.05, 0.1) is 11.4 Å². The molecule has 112 valence electrons. The number of fused-ring (bicyclic) bond motifs is 1. The fourth-order valence-electron chi connectivity index (χ4n) is 2.38. The molecule has 1 heterocycles. The van der Waals surface area contributed by atoms with E-state index in [1.807, 2.05) is 67.6 Å². The molecule has 4 heteroatoms. The van der Waals surface area contributed by atoms with Crippen molar-refractivity contribution in [2.45, 2.75) is 12.5 Å². The molecule has 0 spiro atoms. The maximum absolute atomic E-state index is 5.50. The Labute approximate surface area is 129 Å². The average Bonchev–Trinajstić information content (AvgIpc) is 2.75. The second-order valence-electron chi connectivity index (χ2n) is 5.34. The largest absolute Gasteiger partial charge is 0.411 e. The minimum absolute atomic E-state index is 0.473. The highest BCUT2D eigenvalue weighted by atomic mass is 16.6. The molecular weight excluding hydrogens is 276 g/mol. The van der Waals surface area contributed by atoms with E-state index in [4.69, 9.17) is 20.5 Å². The first-order chi connectivity index (χ1) is 10.6. The summed E-state index contributed by atoms with van der Waals surface area (Å²) in [6.45, 7) is 1.98. The topological polar surface area (TPSA) is 57.4 Å². The van der Waals surface area contributed by atoms with Crippen LogP contribution in [-0.4, -0.2) is 17.7 Å². The SMILES string of the molecule is COC1(C)C=Cc2nc(-c3ccccc3)cc(ON)c2C=C1. The van der Waals surface area contributed by atoms with Crippen LogP contribution in [0.1, 0.15) is 18.2 Å². The molecular formula is C18H18N2O2. The van der Waals surface area contributed by atoms with Crippen molar-refractivity contribution in [2.75, 3.05) is 7.11 Å². The zero-order valence-electron chi connectivity index (χ0n) is 12.6. The van der Waals surface area contributed by atoms with Crippen LogP contribution in [-0.2, 0) is 4.74 Å². The Morgan fingerprint density at radius 3 is 2.50 bits per heavy atom. The van der Waals surface area contributed by atoms with E-state index in [0.29, 0.717) is 5.75 Å². The molecule has 1 aromatic carbocycles. The van der Waals surface area contributed by atoms with Crippen LogP contribution in [0.5, 0.6) is 5.75 Å². The predicted octanol–water partition coefficient (Wildman–Crippen LogP) is 3.45. The van der Waals surface area contributed by atoms with Crippen LogP contribution >= 0.6 is 0 Å². The maximum atomic E-state index is 5.50. The third-order valence-corrected chi connectivity index (χ3v) is 3.84. The zero-order valence-corrected chi connectivity index (χ0v) is 12.6. The predicted molar refractivity (Wildman–Crippen MR) is 88.0 cm³/mol. The summed E-state index contributed by atoms with van der Waals surface area (Å²) in [4.78, 5) is 9.79. The summed E-state index contributed by atoms with van der Waals surface area (Å²) >= 11 is 0. The highest BCUT2D eigenvalue weighted by Gasteiger charge is 2.21. The first-order valence-electron chi connectivity index (χ1n) is 7.06.